The molecule has 0 radical (unpaired) electrons. The molecule has 2 aliphatic rings. The summed E-state index contributed by atoms with van der Waals surface area (Å²) in [5.41, 5.74) is 8.27. The summed E-state index contributed by atoms with van der Waals surface area (Å²) in [7, 11) is 1.71. The van der Waals surface area contributed by atoms with E-state index in [4.69, 9.17) is 4.74 Å². The van der Waals surface area contributed by atoms with Gasteiger partial charge in [0.05, 0.1) is 12.6 Å². The molecule has 0 aliphatic carbocycles. The molecule has 2 atom stereocenters. The van der Waals surface area contributed by atoms with Crippen molar-refractivity contribution in [2.75, 3.05) is 20.2 Å². The van der Waals surface area contributed by atoms with Crippen molar-refractivity contribution in [3.63, 3.8) is 0 Å². The highest BCUT2D eigenvalue weighted by atomic mass is 16.5. The zero-order valence-corrected chi connectivity index (χ0v) is 16.3. The molecule has 27 heavy (non-hydrogen) atoms. The molecule has 1 saturated heterocycles. The highest BCUT2D eigenvalue weighted by Gasteiger charge is 2.35. The minimum atomic E-state index is 0.689. The van der Waals surface area contributed by atoms with Gasteiger partial charge in [-0.3, -0.25) is 4.90 Å². The van der Waals surface area contributed by atoms with Crippen LogP contribution in [0, 0.1) is 6.92 Å². The molecule has 2 bridgehead atoms. The van der Waals surface area contributed by atoms with E-state index in [0.29, 0.717) is 5.92 Å². The van der Waals surface area contributed by atoms with Crippen molar-refractivity contribution in [1.82, 2.24) is 9.47 Å². The maximum Gasteiger partial charge on any atom is 0.118 e. The SMILES string of the molecule is COc1ccc(C(C)=Cn2c3c(c4cc(C)ccc42)C2CCN(C3)C2)cc1. The monoisotopic (exact) mass is 358 g/mol. The number of benzene rings is 2. The van der Waals surface area contributed by atoms with Crippen molar-refractivity contribution >= 4 is 22.7 Å². The highest BCUT2D eigenvalue weighted by Crippen LogP contribution is 2.42. The third-order valence-electron chi connectivity index (χ3n) is 6.23. The Morgan fingerprint density at radius 3 is 2.74 bits per heavy atom. The van der Waals surface area contributed by atoms with Crippen LogP contribution in [0.2, 0.25) is 0 Å². The number of fused-ring (bicyclic) bond motifs is 6. The van der Waals surface area contributed by atoms with Gasteiger partial charge in [0, 0.05) is 36.3 Å². The average Bonchev–Trinajstić information content (AvgIpc) is 3.21. The maximum atomic E-state index is 5.30. The van der Waals surface area contributed by atoms with Crippen LogP contribution in [-0.4, -0.2) is 29.7 Å². The number of methoxy groups -OCH3 is 1. The summed E-state index contributed by atoms with van der Waals surface area (Å²) < 4.78 is 7.75. The van der Waals surface area contributed by atoms with Crippen molar-refractivity contribution in [1.29, 1.82) is 0 Å². The molecule has 2 unspecified atom stereocenters. The largest absolute Gasteiger partial charge is 0.497 e. The average molecular weight is 358 g/mol. The lowest BCUT2D eigenvalue weighted by Gasteiger charge is -2.24. The molecule has 2 aromatic carbocycles. The van der Waals surface area contributed by atoms with Gasteiger partial charge < -0.3 is 9.30 Å². The molecule has 3 heterocycles. The lowest BCUT2D eigenvalue weighted by Crippen LogP contribution is -2.25. The standard InChI is InChI=1S/C24H26N2O/c1-16-4-9-22-21(12-16)24-19-10-11-25(14-19)15-23(24)26(22)13-17(2)18-5-7-20(27-3)8-6-18/h4-9,12-13,19H,10-11,14-15H2,1-3H3. The zero-order valence-electron chi connectivity index (χ0n) is 16.3. The molecule has 0 saturated carbocycles. The Hall–Kier alpha value is -2.52. The van der Waals surface area contributed by atoms with Gasteiger partial charge in [-0.25, -0.2) is 0 Å². The number of aryl methyl sites for hydroxylation is 1. The second kappa shape index (κ2) is 6.28. The Morgan fingerprint density at radius 1 is 1.15 bits per heavy atom. The van der Waals surface area contributed by atoms with E-state index >= 15 is 0 Å². The van der Waals surface area contributed by atoms with Crippen molar-refractivity contribution in [2.24, 2.45) is 0 Å². The summed E-state index contributed by atoms with van der Waals surface area (Å²) in [4.78, 5) is 2.60. The lowest BCUT2D eigenvalue weighted by atomic mass is 9.93. The third-order valence-corrected chi connectivity index (χ3v) is 6.23. The van der Waals surface area contributed by atoms with E-state index in [1.165, 1.54) is 52.8 Å². The van der Waals surface area contributed by atoms with Crippen molar-refractivity contribution in [3.05, 3.63) is 64.8 Å². The van der Waals surface area contributed by atoms with Crippen LogP contribution < -0.4 is 4.74 Å². The van der Waals surface area contributed by atoms with E-state index in [-0.39, 0.29) is 0 Å². The zero-order chi connectivity index (χ0) is 18.5. The van der Waals surface area contributed by atoms with Gasteiger partial charge in [-0.05, 0) is 67.8 Å². The van der Waals surface area contributed by atoms with Crippen LogP contribution in [0.1, 0.15) is 41.6 Å². The molecule has 3 aromatic rings. The highest BCUT2D eigenvalue weighted by molar-refractivity contribution is 5.91. The third kappa shape index (κ3) is 2.69. The van der Waals surface area contributed by atoms with Crippen molar-refractivity contribution in [3.8, 4) is 5.75 Å². The molecule has 0 amide bonds. The maximum absolute atomic E-state index is 5.30. The topological polar surface area (TPSA) is 17.4 Å². The molecule has 3 nitrogen and oxygen atoms in total. The Labute approximate surface area is 160 Å². The van der Waals surface area contributed by atoms with Crippen LogP contribution >= 0.6 is 0 Å². The number of hydrogen-bond acceptors (Lipinski definition) is 2. The minimum absolute atomic E-state index is 0.689. The number of ether oxygens (including phenoxy) is 1. The van der Waals surface area contributed by atoms with E-state index in [1.807, 2.05) is 12.1 Å². The molecule has 0 N–H and O–H groups in total. The normalized spacial score (nSPS) is 21.5. The minimum Gasteiger partial charge on any atom is -0.497 e. The van der Waals surface area contributed by atoms with Gasteiger partial charge in [0.25, 0.3) is 0 Å². The number of allylic oxidation sites excluding steroid dienone is 1. The molecule has 1 fully saturated rings. The van der Waals surface area contributed by atoms with Gasteiger partial charge in [-0.1, -0.05) is 23.8 Å². The number of rotatable bonds is 3. The summed E-state index contributed by atoms with van der Waals surface area (Å²) in [5.74, 6) is 1.59. The summed E-state index contributed by atoms with van der Waals surface area (Å²) in [5, 5.41) is 1.45. The first-order valence-corrected chi connectivity index (χ1v) is 9.82. The van der Waals surface area contributed by atoms with Crippen LogP contribution in [0.25, 0.3) is 22.7 Å². The predicted octanol–water partition coefficient (Wildman–Crippen LogP) is 5.28. The quantitative estimate of drug-likeness (QED) is 0.634. The van der Waals surface area contributed by atoms with Crippen LogP contribution in [0.4, 0.5) is 0 Å². The summed E-state index contributed by atoms with van der Waals surface area (Å²) in [6, 6.07) is 15.3. The molecule has 2 aliphatic heterocycles. The molecular formula is C24H26N2O. The Kier molecular flexibility index (Phi) is 3.87. The van der Waals surface area contributed by atoms with E-state index in [1.54, 1.807) is 12.7 Å². The Morgan fingerprint density at radius 2 is 1.96 bits per heavy atom. The predicted molar refractivity (Wildman–Crippen MR) is 112 cm³/mol. The molecule has 1 aromatic heterocycles. The fourth-order valence-corrected chi connectivity index (χ4v) is 4.82. The second-order valence-electron chi connectivity index (χ2n) is 8.01. The Bertz CT molecular complexity index is 1040. The van der Waals surface area contributed by atoms with Crippen LogP contribution in [0.15, 0.2) is 42.5 Å². The number of hydrogen-bond donors (Lipinski definition) is 0. The van der Waals surface area contributed by atoms with Crippen LogP contribution in [0.5, 0.6) is 5.75 Å². The molecule has 5 rings (SSSR count). The first kappa shape index (κ1) is 16.6. The van der Waals surface area contributed by atoms with Crippen molar-refractivity contribution < 1.29 is 4.74 Å². The molecule has 3 heteroatoms. The molecule has 0 spiro atoms. The van der Waals surface area contributed by atoms with Gasteiger partial charge >= 0.3 is 0 Å². The first-order valence-electron chi connectivity index (χ1n) is 9.82. The number of aromatic nitrogens is 1. The summed E-state index contributed by atoms with van der Waals surface area (Å²) >= 11 is 0. The van der Waals surface area contributed by atoms with Crippen molar-refractivity contribution in [2.45, 2.75) is 32.7 Å². The van der Waals surface area contributed by atoms with Gasteiger partial charge in [0.1, 0.15) is 5.75 Å². The smallest absolute Gasteiger partial charge is 0.118 e. The summed E-state index contributed by atoms with van der Waals surface area (Å²) in [6.07, 6.45) is 3.62. The fraction of sp³-hybridized carbons (Fsp3) is 0.333. The van der Waals surface area contributed by atoms with E-state index in [9.17, 15) is 0 Å². The van der Waals surface area contributed by atoms with E-state index < -0.39 is 0 Å². The van der Waals surface area contributed by atoms with E-state index in [2.05, 4.69) is 59.8 Å². The van der Waals surface area contributed by atoms with Gasteiger partial charge in [0.15, 0.2) is 0 Å². The molecule has 138 valence electrons. The van der Waals surface area contributed by atoms with Gasteiger partial charge in [-0.2, -0.15) is 0 Å². The lowest BCUT2D eigenvalue weighted by molar-refractivity contribution is 0.308. The molecular weight excluding hydrogens is 332 g/mol. The fourth-order valence-electron chi connectivity index (χ4n) is 4.82. The van der Waals surface area contributed by atoms with Crippen LogP contribution in [0.3, 0.4) is 0 Å². The first-order chi connectivity index (χ1) is 13.1. The van der Waals surface area contributed by atoms with Crippen LogP contribution in [-0.2, 0) is 6.54 Å². The second-order valence-corrected chi connectivity index (χ2v) is 8.01. The summed E-state index contributed by atoms with van der Waals surface area (Å²) in [6.45, 7) is 7.92. The van der Waals surface area contributed by atoms with Gasteiger partial charge in [0.2, 0.25) is 0 Å². The number of nitrogens with zero attached hydrogens (tertiary/aromatic N) is 2. The van der Waals surface area contributed by atoms with E-state index in [0.717, 1.165) is 12.3 Å². The van der Waals surface area contributed by atoms with Gasteiger partial charge in [-0.15, -0.1) is 0 Å². The Balaban J connectivity index is 1.67.